The average molecular weight is 419 g/mol. The van der Waals surface area contributed by atoms with Gasteiger partial charge in [0.05, 0.1) is 22.9 Å². The minimum Gasteiger partial charge on any atom is -0.395 e. The van der Waals surface area contributed by atoms with Crippen molar-refractivity contribution in [2.24, 2.45) is 0 Å². The smallest absolute Gasteiger partial charge is 0.282 e. The Bertz CT molecular complexity index is 1000. The van der Waals surface area contributed by atoms with Crippen LogP contribution in [0.1, 0.15) is 16.7 Å². The molecule has 146 valence electrons. The summed E-state index contributed by atoms with van der Waals surface area (Å²) in [4.78, 5) is 29.5. The monoisotopic (exact) mass is 418 g/mol. The highest BCUT2D eigenvalue weighted by Gasteiger charge is 2.42. The Kier molecular flexibility index (Phi) is 5.79. The molecule has 3 rings (SSSR count). The number of hydrogen-bond donors (Lipinski definition) is 1. The third-order valence-corrected chi connectivity index (χ3v) is 5.23. The Balaban J connectivity index is 2.21. The average Bonchev–Trinajstić information content (AvgIpc) is 2.88. The van der Waals surface area contributed by atoms with Crippen LogP contribution in [0.2, 0.25) is 10.0 Å². The molecule has 7 heteroatoms. The topological polar surface area (TPSA) is 60.9 Å². The summed E-state index contributed by atoms with van der Waals surface area (Å²) < 4.78 is 0. The van der Waals surface area contributed by atoms with Crippen molar-refractivity contribution in [3.8, 4) is 0 Å². The minimum atomic E-state index is -0.456. The molecule has 0 aliphatic carbocycles. The van der Waals surface area contributed by atoms with Crippen molar-refractivity contribution < 1.29 is 14.7 Å². The Labute approximate surface area is 173 Å². The maximum absolute atomic E-state index is 13.4. The highest BCUT2D eigenvalue weighted by Crippen LogP contribution is 2.38. The molecule has 2 amide bonds. The zero-order chi connectivity index (χ0) is 20.6. The predicted molar refractivity (Wildman–Crippen MR) is 112 cm³/mol. The molecule has 0 saturated carbocycles. The van der Waals surface area contributed by atoms with E-state index in [0.29, 0.717) is 16.3 Å². The molecule has 0 radical (unpaired) electrons. The third-order valence-electron chi connectivity index (χ3n) is 4.68. The van der Waals surface area contributed by atoms with Crippen molar-refractivity contribution in [1.29, 1.82) is 0 Å². The van der Waals surface area contributed by atoms with Gasteiger partial charge in [-0.25, -0.2) is 4.90 Å². The Hall–Kier alpha value is -2.34. The number of benzene rings is 2. The summed E-state index contributed by atoms with van der Waals surface area (Å²) in [6.07, 6.45) is 0. The number of anilines is 1. The molecule has 2 aromatic rings. The van der Waals surface area contributed by atoms with E-state index in [1.165, 1.54) is 11.0 Å². The molecule has 0 spiro atoms. The van der Waals surface area contributed by atoms with E-state index in [0.717, 1.165) is 11.1 Å². The highest BCUT2D eigenvalue weighted by molar-refractivity contribution is 6.47. The van der Waals surface area contributed by atoms with Crippen LogP contribution in [0.5, 0.6) is 0 Å². The molecule has 0 aromatic heterocycles. The lowest BCUT2D eigenvalue weighted by molar-refractivity contribution is -0.120. The van der Waals surface area contributed by atoms with E-state index in [4.69, 9.17) is 23.2 Å². The summed E-state index contributed by atoms with van der Waals surface area (Å²) in [5.41, 5.74) is 3.10. The zero-order valence-electron chi connectivity index (χ0n) is 15.8. The van der Waals surface area contributed by atoms with E-state index in [1.807, 2.05) is 26.0 Å². The second-order valence-corrected chi connectivity index (χ2v) is 7.57. The van der Waals surface area contributed by atoms with Crippen LogP contribution >= 0.6 is 23.2 Å². The van der Waals surface area contributed by atoms with E-state index in [-0.39, 0.29) is 29.4 Å². The molecule has 1 heterocycles. The number of likely N-dealkylation sites (N-methyl/N-ethyl adjacent to an activating group) is 1. The van der Waals surface area contributed by atoms with Crippen molar-refractivity contribution in [2.45, 2.75) is 13.8 Å². The number of aryl methyl sites for hydroxylation is 2. The molecule has 0 unspecified atom stereocenters. The number of carbonyl (C=O) groups excluding carboxylic acids is 2. The van der Waals surface area contributed by atoms with Gasteiger partial charge in [0.2, 0.25) is 0 Å². The van der Waals surface area contributed by atoms with Gasteiger partial charge in [0.15, 0.2) is 0 Å². The second-order valence-electron chi connectivity index (χ2n) is 6.73. The zero-order valence-corrected chi connectivity index (χ0v) is 17.3. The first-order valence-electron chi connectivity index (χ1n) is 8.74. The number of imide groups is 1. The Morgan fingerprint density at radius 3 is 2.39 bits per heavy atom. The number of carbonyl (C=O) groups is 2. The first-order valence-corrected chi connectivity index (χ1v) is 9.49. The van der Waals surface area contributed by atoms with E-state index >= 15 is 0 Å². The van der Waals surface area contributed by atoms with Crippen molar-refractivity contribution in [2.75, 3.05) is 25.1 Å². The third kappa shape index (κ3) is 3.53. The summed E-state index contributed by atoms with van der Waals surface area (Å²) >= 11 is 12.3. The fourth-order valence-electron chi connectivity index (χ4n) is 3.25. The van der Waals surface area contributed by atoms with Crippen molar-refractivity contribution in [3.05, 3.63) is 68.8 Å². The van der Waals surface area contributed by atoms with Gasteiger partial charge in [-0.1, -0.05) is 41.4 Å². The van der Waals surface area contributed by atoms with E-state index < -0.39 is 11.8 Å². The molecule has 0 atom stereocenters. The number of aliphatic hydroxyl groups excluding tert-OH is 1. The summed E-state index contributed by atoms with van der Waals surface area (Å²) in [6.45, 7) is 3.78. The molecule has 1 N–H and O–H groups in total. The minimum absolute atomic E-state index is 0.160. The summed E-state index contributed by atoms with van der Waals surface area (Å²) in [5, 5.41) is 10.1. The van der Waals surface area contributed by atoms with E-state index in [2.05, 4.69) is 0 Å². The van der Waals surface area contributed by atoms with Crippen LogP contribution in [0.15, 0.2) is 42.1 Å². The van der Waals surface area contributed by atoms with Gasteiger partial charge in [0.1, 0.15) is 5.70 Å². The van der Waals surface area contributed by atoms with Crippen LogP contribution in [0, 0.1) is 13.8 Å². The normalized spacial score (nSPS) is 14.3. The highest BCUT2D eigenvalue weighted by atomic mass is 35.5. The van der Waals surface area contributed by atoms with E-state index in [1.54, 1.807) is 30.1 Å². The van der Waals surface area contributed by atoms with Gasteiger partial charge in [-0.2, -0.15) is 0 Å². The summed E-state index contributed by atoms with van der Waals surface area (Å²) in [5.74, 6) is -0.904. The van der Waals surface area contributed by atoms with Gasteiger partial charge >= 0.3 is 0 Å². The molecule has 1 aliphatic heterocycles. The maximum Gasteiger partial charge on any atom is 0.282 e. The van der Waals surface area contributed by atoms with Crippen LogP contribution in [-0.2, 0) is 9.59 Å². The lowest BCUT2D eigenvalue weighted by Crippen LogP contribution is -2.35. The standard InChI is InChI=1S/C21H20Cl2N2O3/c1-12-4-5-13(2)17(10-12)25-20(27)18(15-7-6-14(22)11-16(15)23)19(21(25)28)24(3)8-9-26/h4-7,10-11,26H,8-9H2,1-3H3. The van der Waals surface area contributed by atoms with Gasteiger partial charge in [-0.05, 0) is 43.2 Å². The van der Waals surface area contributed by atoms with E-state index in [9.17, 15) is 14.7 Å². The number of hydrogen-bond acceptors (Lipinski definition) is 4. The van der Waals surface area contributed by atoms with Gasteiger partial charge in [-0.15, -0.1) is 0 Å². The van der Waals surface area contributed by atoms with Crippen molar-refractivity contribution in [1.82, 2.24) is 4.90 Å². The largest absolute Gasteiger partial charge is 0.395 e. The number of rotatable bonds is 5. The molecular formula is C21H20Cl2N2O3. The van der Waals surface area contributed by atoms with Gasteiger partial charge in [0, 0.05) is 24.2 Å². The fourth-order valence-corrected chi connectivity index (χ4v) is 3.75. The van der Waals surface area contributed by atoms with Crippen molar-refractivity contribution in [3.63, 3.8) is 0 Å². The Morgan fingerprint density at radius 2 is 1.75 bits per heavy atom. The maximum atomic E-state index is 13.4. The molecule has 0 fully saturated rings. The fraction of sp³-hybridized carbons (Fsp3) is 0.238. The van der Waals surface area contributed by atoms with Gasteiger partial charge in [-0.3, -0.25) is 9.59 Å². The summed E-state index contributed by atoms with van der Waals surface area (Å²) in [6, 6.07) is 10.4. The number of aliphatic hydroxyl groups is 1. The quantitative estimate of drug-likeness (QED) is 0.749. The Morgan fingerprint density at radius 1 is 1.04 bits per heavy atom. The SMILES string of the molecule is Cc1ccc(C)c(N2C(=O)C(c3ccc(Cl)cc3Cl)=C(N(C)CCO)C2=O)c1. The number of amides is 2. The first kappa shape index (κ1) is 20.4. The van der Waals surface area contributed by atoms with Crippen molar-refractivity contribution >= 4 is 46.3 Å². The molecule has 0 bridgehead atoms. The number of nitrogens with zero attached hydrogens (tertiary/aromatic N) is 2. The molecular weight excluding hydrogens is 399 g/mol. The van der Waals surface area contributed by atoms with Gasteiger partial charge < -0.3 is 10.0 Å². The van der Waals surface area contributed by atoms with Crippen LogP contribution < -0.4 is 4.90 Å². The van der Waals surface area contributed by atoms with Crippen LogP contribution in [-0.4, -0.2) is 42.0 Å². The predicted octanol–water partition coefficient (Wildman–Crippen LogP) is 3.82. The lowest BCUT2D eigenvalue weighted by atomic mass is 10.0. The van der Waals surface area contributed by atoms with Crippen LogP contribution in [0.25, 0.3) is 5.57 Å². The molecule has 0 saturated heterocycles. The van der Waals surface area contributed by atoms with Gasteiger partial charge in [0.25, 0.3) is 11.8 Å². The molecule has 2 aromatic carbocycles. The summed E-state index contributed by atoms with van der Waals surface area (Å²) in [7, 11) is 1.66. The first-order chi connectivity index (χ1) is 13.3. The van der Waals surface area contributed by atoms with Crippen LogP contribution in [0.4, 0.5) is 5.69 Å². The lowest BCUT2D eigenvalue weighted by Gasteiger charge is -2.21. The molecule has 1 aliphatic rings. The molecule has 5 nitrogen and oxygen atoms in total. The molecule has 28 heavy (non-hydrogen) atoms. The number of halogens is 2. The second kappa shape index (κ2) is 7.95. The van der Waals surface area contributed by atoms with Crippen LogP contribution in [0.3, 0.4) is 0 Å².